The Morgan fingerprint density at radius 2 is 1.64 bits per heavy atom. The molecule has 1 saturated carbocycles. The lowest BCUT2D eigenvalue weighted by atomic mass is 9.85. The topological polar surface area (TPSA) is 80.9 Å². The first-order chi connectivity index (χ1) is 17.6. The number of hydrazone groups is 1. The summed E-state index contributed by atoms with van der Waals surface area (Å²) < 4.78 is 10.5. The van der Waals surface area contributed by atoms with Crippen molar-refractivity contribution in [1.82, 2.24) is 5.43 Å². The van der Waals surface area contributed by atoms with Crippen LogP contribution in [0.3, 0.4) is 0 Å². The molecule has 0 radical (unpaired) electrons. The van der Waals surface area contributed by atoms with Gasteiger partial charge in [-0.25, -0.2) is 10.2 Å². The number of esters is 1. The predicted molar refractivity (Wildman–Crippen MR) is 137 cm³/mol. The van der Waals surface area contributed by atoms with Gasteiger partial charge >= 0.3 is 5.97 Å². The molecular weight excluding hydrogens is 452 g/mol. The number of carbonyl (C=O) groups is 2. The van der Waals surface area contributed by atoms with Crippen LogP contribution < -0.4 is 10.2 Å². The van der Waals surface area contributed by atoms with Crippen LogP contribution in [0, 0.1) is 5.92 Å². The van der Waals surface area contributed by atoms with E-state index in [9.17, 15) is 9.59 Å². The molecule has 1 aliphatic carbocycles. The summed E-state index contributed by atoms with van der Waals surface area (Å²) in [5.41, 5.74) is 5.26. The minimum absolute atomic E-state index is 0.135. The summed E-state index contributed by atoms with van der Waals surface area (Å²) in [4.78, 5) is 25.1. The Bertz CT molecular complexity index is 1350. The van der Waals surface area contributed by atoms with Crippen LogP contribution in [0.4, 0.5) is 0 Å². The maximum Gasteiger partial charge on any atom is 0.336 e. The van der Waals surface area contributed by atoms with E-state index in [0.29, 0.717) is 17.1 Å². The zero-order valence-electron chi connectivity index (χ0n) is 19.4. The highest BCUT2D eigenvalue weighted by molar-refractivity contribution is 5.89. The lowest BCUT2D eigenvalue weighted by Crippen LogP contribution is -2.25. The lowest BCUT2D eigenvalue weighted by Gasteiger charge is -2.18. The fourth-order valence-electron chi connectivity index (χ4n) is 4.45. The molecule has 6 heteroatoms. The number of carbonyl (C=O) groups excluding carboxylic acids is 2. The van der Waals surface area contributed by atoms with Crippen molar-refractivity contribution >= 4 is 24.2 Å². The third-order valence-corrected chi connectivity index (χ3v) is 6.25. The average molecular weight is 477 g/mol. The molecule has 0 spiro atoms. The molecule has 1 aromatic heterocycles. The molecule has 1 atom stereocenters. The highest BCUT2D eigenvalue weighted by Gasteiger charge is 2.60. The Morgan fingerprint density at radius 3 is 2.31 bits per heavy atom. The number of hydrogen-bond donors (Lipinski definition) is 1. The monoisotopic (exact) mass is 476 g/mol. The van der Waals surface area contributed by atoms with Crippen molar-refractivity contribution in [2.75, 3.05) is 0 Å². The van der Waals surface area contributed by atoms with Crippen molar-refractivity contribution in [3.05, 3.63) is 132 Å². The predicted octanol–water partition coefficient (Wildman–Crippen LogP) is 5.35. The number of amides is 1. The molecule has 36 heavy (non-hydrogen) atoms. The summed E-state index contributed by atoms with van der Waals surface area (Å²) in [7, 11) is 0. The lowest BCUT2D eigenvalue weighted by molar-refractivity contribution is -0.129. The number of furan rings is 1. The molecule has 0 aliphatic heterocycles. The Morgan fingerprint density at radius 1 is 0.917 bits per heavy atom. The summed E-state index contributed by atoms with van der Waals surface area (Å²) in [6.45, 7) is 0. The Kier molecular flexibility index (Phi) is 6.58. The number of benzene rings is 3. The van der Waals surface area contributed by atoms with Gasteiger partial charge in [-0.3, -0.25) is 4.79 Å². The van der Waals surface area contributed by atoms with Crippen LogP contribution in [-0.4, -0.2) is 18.1 Å². The van der Waals surface area contributed by atoms with Crippen LogP contribution in [-0.2, 0) is 15.0 Å². The fourth-order valence-corrected chi connectivity index (χ4v) is 4.45. The van der Waals surface area contributed by atoms with E-state index in [1.807, 2.05) is 36.4 Å². The summed E-state index contributed by atoms with van der Waals surface area (Å²) in [5, 5.41) is 4.15. The molecule has 5 rings (SSSR count). The Hall–Kier alpha value is -4.71. The molecule has 0 unspecified atom stereocenters. The molecule has 6 nitrogen and oxygen atoms in total. The van der Waals surface area contributed by atoms with E-state index < -0.39 is 5.97 Å². The van der Waals surface area contributed by atoms with Crippen LogP contribution in [0.25, 0.3) is 6.08 Å². The van der Waals surface area contributed by atoms with Gasteiger partial charge in [-0.1, -0.05) is 72.8 Å². The molecule has 1 aliphatic rings. The van der Waals surface area contributed by atoms with Crippen LogP contribution >= 0.6 is 0 Å². The number of ether oxygens (including phenoxy) is 1. The van der Waals surface area contributed by atoms with Crippen molar-refractivity contribution in [3.63, 3.8) is 0 Å². The molecule has 1 fully saturated rings. The second-order valence-electron chi connectivity index (χ2n) is 8.54. The molecule has 1 N–H and O–H groups in total. The summed E-state index contributed by atoms with van der Waals surface area (Å²) in [6, 6.07) is 30.6. The summed E-state index contributed by atoms with van der Waals surface area (Å²) in [6.07, 6.45) is 6.61. The molecule has 0 bridgehead atoms. The second kappa shape index (κ2) is 10.3. The molecule has 1 amide bonds. The van der Waals surface area contributed by atoms with Gasteiger partial charge in [0.05, 0.1) is 18.4 Å². The molecular formula is C30H24N2O4. The van der Waals surface area contributed by atoms with Crippen LogP contribution in [0.1, 0.15) is 28.9 Å². The highest BCUT2D eigenvalue weighted by atomic mass is 16.5. The molecule has 3 aromatic carbocycles. The first kappa shape index (κ1) is 23.1. The Balaban J connectivity index is 1.23. The zero-order chi connectivity index (χ0) is 24.8. The van der Waals surface area contributed by atoms with Gasteiger partial charge in [0.2, 0.25) is 5.91 Å². The third-order valence-electron chi connectivity index (χ3n) is 6.25. The molecule has 0 saturated heterocycles. The van der Waals surface area contributed by atoms with E-state index >= 15 is 0 Å². The molecule has 4 aromatic rings. The smallest absolute Gasteiger partial charge is 0.336 e. The minimum atomic E-state index is -0.527. The first-order valence-corrected chi connectivity index (χ1v) is 11.6. The van der Waals surface area contributed by atoms with Gasteiger partial charge in [0.15, 0.2) is 0 Å². The molecule has 178 valence electrons. The zero-order valence-corrected chi connectivity index (χ0v) is 19.4. The van der Waals surface area contributed by atoms with Crippen LogP contribution in [0.15, 0.2) is 119 Å². The van der Waals surface area contributed by atoms with Gasteiger partial charge in [-0.2, -0.15) is 5.10 Å². The number of rotatable bonds is 8. The highest BCUT2D eigenvalue weighted by Crippen LogP contribution is 2.58. The summed E-state index contributed by atoms with van der Waals surface area (Å²) >= 11 is 0. The SMILES string of the molecule is O=C(/C=C/c1ccco1)Oc1cccc(/C=N\NC(=O)[C@@H]2CC2(c2ccccc2)c2ccccc2)c1. The number of nitrogens with zero attached hydrogens (tertiary/aromatic N) is 1. The normalized spacial score (nSPS) is 16.2. The van der Waals surface area contributed by atoms with Crippen molar-refractivity contribution < 1.29 is 18.7 Å². The fraction of sp³-hybridized carbons (Fsp3) is 0.100. The van der Waals surface area contributed by atoms with Crippen LogP contribution in [0.2, 0.25) is 0 Å². The van der Waals surface area contributed by atoms with Gasteiger partial charge < -0.3 is 9.15 Å². The van der Waals surface area contributed by atoms with Crippen molar-refractivity contribution in [2.24, 2.45) is 11.0 Å². The van der Waals surface area contributed by atoms with Gasteiger partial charge in [0.25, 0.3) is 0 Å². The van der Waals surface area contributed by atoms with E-state index in [-0.39, 0.29) is 17.2 Å². The first-order valence-electron chi connectivity index (χ1n) is 11.6. The average Bonchev–Trinajstić information content (AvgIpc) is 3.47. The maximum atomic E-state index is 13.0. The van der Waals surface area contributed by atoms with E-state index in [4.69, 9.17) is 9.15 Å². The van der Waals surface area contributed by atoms with Crippen molar-refractivity contribution in [1.29, 1.82) is 0 Å². The second-order valence-corrected chi connectivity index (χ2v) is 8.54. The van der Waals surface area contributed by atoms with Crippen molar-refractivity contribution in [3.8, 4) is 5.75 Å². The standard InChI is InChI=1S/C30H24N2O4/c33-28(17-16-25-15-8-18-35-25)36-26-14-7-9-22(19-26)21-31-32-29(34)27-20-30(27,23-10-3-1-4-11-23)24-12-5-2-6-13-24/h1-19,21,27H,20H2,(H,32,34)/b17-16+,31-21-/t27-/m0/s1. The van der Waals surface area contributed by atoms with Gasteiger partial charge in [-0.05, 0) is 53.5 Å². The maximum absolute atomic E-state index is 13.0. The minimum Gasteiger partial charge on any atom is -0.465 e. The largest absolute Gasteiger partial charge is 0.465 e. The van der Waals surface area contributed by atoms with E-state index in [1.165, 1.54) is 24.6 Å². The summed E-state index contributed by atoms with van der Waals surface area (Å²) in [5.74, 6) is 0.0505. The van der Waals surface area contributed by atoms with Gasteiger partial charge in [0, 0.05) is 11.5 Å². The van der Waals surface area contributed by atoms with E-state index in [0.717, 1.165) is 17.5 Å². The van der Waals surface area contributed by atoms with Gasteiger partial charge in [0.1, 0.15) is 11.5 Å². The van der Waals surface area contributed by atoms with Crippen molar-refractivity contribution in [2.45, 2.75) is 11.8 Å². The Labute approximate surface area is 208 Å². The quantitative estimate of drug-likeness (QED) is 0.122. The van der Waals surface area contributed by atoms with Crippen LogP contribution in [0.5, 0.6) is 5.75 Å². The van der Waals surface area contributed by atoms with E-state index in [1.54, 1.807) is 36.4 Å². The third kappa shape index (κ3) is 5.03. The van der Waals surface area contributed by atoms with E-state index in [2.05, 4.69) is 34.8 Å². The molecule has 1 heterocycles. The number of hydrogen-bond acceptors (Lipinski definition) is 5. The van der Waals surface area contributed by atoms with Gasteiger partial charge in [-0.15, -0.1) is 0 Å². The number of nitrogens with one attached hydrogen (secondary N) is 1.